The van der Waals surface area contributed by atoms with E-state index in [2.05, 4.69) is 0 Å². The molecule has 28 heavy (non-hydrogen) atoms. The highest BCUT2D eigenvalue weighted by molar-refractivity contribution is 5.94. The molecule has 0 aliphatic rings. The number of halogens is 3. The summed E-state index contributed by atoms with van der Waals surface area (Å²) in [6.45, 7) is 1.43. The van der Waals surface area contributed by atoms with Crippen molar-refractivity contribution in [2.45, 2.75) is 19.7 Å². The molecule has 3 aromatic rings. The van der Waals surface area contributed by atoms with E-state index < -0.39 is 17.4 Å². The highest BCUT2D eigenvalue weighted by Gasteiger charge is 2.33. The Kier molecular flexibility index (Phi) is 5.13. The third-order valence-electron chi connectivity index (χ3n) is 4.10. The van der Waals surface area contributed by atoms with E-state index in [4.69, 9.17) is 13.9 Å². The maximum absolute atomic E-state index is 13.1. The molecule has 0 atom stereocenters. The summed E-state index contributed by atoms with van der Waals surface area (Å²) in [7, 11) is 1.47. The zero-order chi connectivity index (χ0) is 20.5. The summed E-state index contributed by atoms with van der Waals surface area (Å²) in [6, 6.07) is 9.02. The molecule has 1 aromatic heterocycles. The van der Waals surface area contributed by atoms with Crippen molar-refractivity contribution >= 4 is 16.8 Å². The Morgan fingerprint density at radius 3 is 2.50 bits per heavy atom. The van der Waals surface area contributed by atoms with Crippen molar-refractivity contribution in [2.75, 3.05) is 7.11 Å². The van der Waals surface area contributed by atoms with Gasteiger partial charge in [0.2, 0.25) is 0 Å². The van der Waals surface area contributed by atoms with E-state index in [1.165, 1.54) is 32.2 Å². The SMILES string of the molecule is COc1ccc(C(C)=O)cc1COc1ccc2c(C(F)(F)F)cc(=O)oc2c1. The minimum atomic E-state index is -4.68. The maximum atomic E-state index is 13.1. The molecule has 0 saturated heterocycles. The molecular weight excluding hydrogens is 377 g/mol. The number of hydrogen-bond donors (Lipinski definition) is 0. The average Bonchev–Trinajstić information content (AvgIpc) is 2.64. The molecule has 5 nitrogen and oxygen atoms in total. The number of ether oxygens (including phenoxy) is 2. The van der Waals surface area contributed by atoms with Crippen LogP contribution in [-0.2, 0) is 12.8 Å². The Hall–Kier alpha value is -3.29. The van der Waals surface area contributed by atoms with Crippen LogP contribution in [0, 0.1) is 0 Å². The lowest BCUT2D eigenvalue weighted by Gasteiger charge is -2.13. The quantitative estimate of drug-likeness (QED) is 0.469. The lowest BCUT2D eigenvalue weighted by Crippen LogP contribution is -2.11. The van der Waals surface area contributed by atoms with Gasteiger partial charge in [-0.2, -0.15) is 13.2 Å². The Labute approximate surface area is 157 Å². The molecule has 8 heteroatoms. The standard InChI is InChI=1S/C20H15F3O5/c1-11(24)12-3-6-17(26-2)13(7-12)10-27-14-4-5-15-16(20(21,22)23)9-19(25)28-18(15)8-14/h3-9H,10H2,1-2H3. The molecule has 0 saturated carbocycles. The van der Waals surface area contributed by atoms with Gasteiger partial charge in [-0.1, -0.05) is 0 Å². The fraction of sp³-hybridized carbons (Fsp3) is 0.200. The number of Topliss-reactive ketones (excluding diaryl/α,β-unsaturated/α-hetero) is 1. The summed E-state index contributed by atoms with van der Waals surface area (Å²) in [5, 5.41) is -0.240. The van der Waals surface area contributed by atoms with Crippen molar-refractivity contribution in [3.8, 4) is 11.5 Å². The van der Waals surface area contributed by atoms with Gasteiger partial charge in [0.05, 0.1) is 12.7 Å². The topological polar surface area (TPSA) is 65.7 Å². The molecule has 0 radical (unpaired) electrons. The van der Waals surface area contributed by atoms with Crippen LogP contribution in [0.4, 0.5) is 13.2 Å². The van der Waals surface area contributed by atoms with Crippen LogP contribution >= 0.6 is 0 Å². The summed E-state index contributed by atoms with van der Waals surface area (Å²) in [6.07, 6.45) is -4.68. The number of rotatable bonds is 5. The number of ketones is 1. The Balaban J connectivity index is 1.93. The number of fused-ring (bicyclic) bond motifs is 1. The molecule has 146 valence electrons. The number of carbonyl (C=O) groups is 1. The zero-order valence-electron chi connectivity index (χ0n) is 14.9. The van der Waals surface area contributed by atoms with Gasteiger partial charge in [0.25, 0.3) is 0 Å². The Bertz CT molecular complexity index is 1100. The second kappa shape index (κ2) is 7.38. The van der Waals surface area contributed by atoms with Gasteiger partial charge in [0, 0.05) is 28.6 Å². The number of carbonyl (C=O) groups excluding carboxylic acids is 1. The fourth-order valence-electron chi connectivity index (χ4n) is 2.74. The van der Waals surface area contributed by atoms with Crippen molar-refractivity contribution in [1.82, 2.24) is 0 Å². The predicted molar refractivity (Wildman–Crippen MR) is 94.8 cm³/mol. The molecule has 1 heterocycles. The maximum Gasteiger partial charge on any atom is 0.417 e. The second-order valence-electron chi connectivity index (χ2n) is 6.01. The van der Waals surface area contributed by atoms with Crippen LogP contribution in [-0.4, -0.2) is 12.9 Å². The molecule has 0 unspecified atom stereocenters. The fourth-order valence-corrected chi connectivity index (χ4v) is 2.74. The number of benzene rings is 2. The first-order valence-corrected chi connectivity index (χ1v) is 8.15. The van der Waals surface area contributed by atoms with Crippen LogP contribution in [0.3, 0.4) is 0 Å². The lowest BCUT2D eigenvalue weighted by atomic mass is 10.1. The number of methoxy groups -OCH3 is 1. The summed E-state index contributed by atoms with van der Waals surface area (Å²) in [4.78, 5) is 23.0. The number of alkyl halides is 3. The molecule has 0 bridgehead atoms. The van der Waals surface area contributed by atoms with Gasteiger partial charge in [-0.3, -0.25) is 4.79 Å². The minimum absolute atomic E-state index is 0.000998. The largest absolute Gasteiger partial charge is 0.496 e. The molecule has 0 fully saturated rings. The van der Waals surface area contributed by atoms with Crippen molar-refractivity contribution in [3.63, 3.8) is 0 Å². The van der Waals surface area contributed by atoms with Crippen LogP contribution < -0.4 is 15.1 Å². The Morgan fingerprint density at radius 2 is 1.86 bits per heavy atom. The number of hydrogen-bond acceptors (Lipinski definition) is 5. The van der Waals surface area contributed by atoms with Crippen LogP contribution in [0.5, 0.6) is 11.5 Å². The molecule has 2 aromatic carbocycles. The van der Waals surface area contributed by atoms with Gasteiger partial charge in [-0.25, -0.2) is 4.79 Å². The van der Waals surface area contributed by atoms with Gasteiger partial charge in [0.15, 0.2) is 5.78 Å². The van der Waals surface area contributed by atoms with E-state index in [-0.39, 0.29) is 29.1 Å². The smallest absolute Gasteiger partial charge is 0.417 e. The van der Waals surface area contributed by atoms with Gasteiger partial charge in [-0.15, -0.1) is 0 Å². The Morgan fingerprint density at radius 1 is 1.11 bits per heavy atom. The summed E-state index contributed by atoms with van der Waals surface area (Å²) in [5.41, 5.74) is -1.35. The summed E-state index contributed by atoms with van der Waals surface area (Å²) < 4.78 is 55.0. The molecule has 0 aliphatic carbocycles. The molecule has 0 aliphatic heterocycles. The van der Waals surface area contributed by atoms with Crippen LogP contribution in [0.2, 0.25) is 0 Å². The van der Waals surface area contributed by atoms with Gasteiger partial charge >= 0.3 is 11.8 Å². The van der Waals surface area contributed by atoms with E-state index in [9.17, 15) is 22.8 Å². The average molecular weight is 392 g/mol. The highest BCUT2D eigenvalue weighted by Crippen LogP contribution is 2.35. The minimum Gasteiger partial charge on any atom is -0.496 e. The van der Waals surface area contributed by atoms with Crippen molar-refractivity contribution in [3.05, 3.63) is 69.6 Å². The first-order chi connectivity index (χ1) is 13.2. The molecule has 0 amide bonds. The predicted octanol–water partition coefficient (Wildman–Crippen LogP) is 4.60. The summed E-state index contributed by atoms with van der Waals surface area (Å²) >= 11 is 0. The van der Waals surface area contributed by atoms with E-state index in [0.717, 1.165) is 0 Å². The van der Waals surface area contributed by atoms with Gasteiger partial charge in [-0.05, 0) is 37.3 Å². The summed E-state index contributed by atoms with van der Waals surface area (Å²) in [5.74, 6) is 0.568. The zero-order valence-corrected chi connectivity index (χ0v) is 14.9. The molecule has 0 N–H and O–H groups in total. The molecule has 3 rings (SSSR count). The molecular formula is C20H15F3O5. The van der Waals surface area contributed by atoms with Crippen molar-refractivity contribution in [2.24, 2.45) is 0 Å². The third-order valence-corrected chi connectivity index (χ3v) is 4.10. The first-order valence-electron chi connectivity index (χ1n) is 8.15. The van der Waals surface area contributed by atoms with E-state index >= 15 is 0 Å². The monoisotopic (exact) mass is 392 g/mol. The lowest BCUT2D eigenvalue weighted by molar-refractivity contribution is -0.136. The van der Waals surface area contributed by atoms with Crippen LogP contribution in [0.15, 0.2) is 51.7 Å². The van der Waals surface area contributed by atoms with E-state index in [1.807, 2.05) is 0 Å². The van der Waals surface area contributed by atoms with Gasteiger partial charge < -0.3 is 13.9 Å². The van der Waals surface area contributed by atoms with E-state index in [1.54, 1.807) is 18.2 Å². The highest BCUT2D eigenvalue weighted by atomic mass is 19.4. The van der Waals surface area contributed by atoms with E-state index in [0.29, 0.717) is 22.9 Å². The first kappa shape index (κ1) is 19.5. The van der Waals surface area contributed by atoms with Gasteiger partial charge in [0.1, 0.15) is 23.7 Å². The van der Waals surface area contributed by atoms with Crippen LogP contribution in [0.1, 0.15) is 28.4 Å². The molecule has 0 spiro atoms. The van der Waals surface area contributed by atoms with Crippen LogP contribution in [0.25, 0.3) is 11.0 Å². The van der Waals surface area contributed by atoms with Crippen molar-refractivity contribution in [1.29, 1.82) is 0 Å². The normalized spacial score (nSPS) is 11.5. The third kappa shape index (κ3) is 4.00. The van der Waals surface area contributed by atoms with Crippen molar-refractivity contribution < 1.29 is 31.9 Å². The second-order valence-corrected chi connectivity index (χ2v) is 6.01.